The molecular weight excluding hydrogens is 248 g/mol. The zero-order valence-electron chi connectivity index (χ0n) is 10.6. The molecule has 2 rings (SSSR count). The van der Waals surface area contributed by atoms with Gasteiger partial charge in [-0.25, -0.2) is 0 Å². The van der Waals surface area contributed by atoms with Gasteiger partial charge in [-0.05, 0) is 18.4 Å². The first-order valence-electron chi connectivity index (χ1n) is 6.48. The van der Waals surface area contributed by atoms with Crippen LogP contribution in [0.3, 0.4) is 0 Å². The number of rotatable bonds is 4. The fourth-order valence-corrected chi connectivity index (χ4v) is 2.37. The van der Waals surface area contributed by atoms with Gasteiger partial charge < -0.3 is 25.2 Å². The van der Waals surface area contributed by atoms with Gasteiger partial charge in [0.05, 0.1) is 12.7 Å². The lowest BCUT2D eigenvalue weighted by Crippen LogP contribution is -2.58. The Labute approximate surface area is 112 Å². The molecule has 1 aliphatic rings. The quantitative estimate of drug-likeness (QED) is 0.589. The van der Waals surface area contributed by atoms with Crippen molar-refractivity contribution in [1.82, 2.24) is 0 Å². The zero-order valence-corrected chi connectivity index (χ0v) is 10.6. The highest BCUT2D eigenvalue weighted by atomic mass is 16.5. The number of aryl methyl sites for hydroxylation is 1. The van der Waals surface area contributed by atoms with Gasteiger partial charge in [-0.3, -0.25) is 0 Å². The van der Waals surface area contributed by atoms with Crippen molar-refractivity contribution >= 4 is 0 Å². The van der Waals surface area contributed by atoms with Crippen molar-refractivity contribution in [2.45, 2.75) is 43.4 Å². The third kappa shape index (κ3) is 3.32. The molecule has 1 heterocycles. The predicted molar refractivity (Wildman–Crippen MR) is 68.5 cm³/mol. The fraction of sp³-hybridized carbons (Fsp3) is 0.571. The number of aliphatic hydroxyl groups is 4. The molecule has 4 N–H and O–H groups in total. The molecule has 106 valence electrons. The average Bonchev–Trinajstić information content (AvgIpc) is 2.45. The Morgan fingerprint density at radius 3 is 2.16 bits per heavy atom. The van der Waals surface area contributed by atoms with Crippen molar-refractivity contribution < 1.29 is 25.2 Å². The van der Waals surface area contributed by atoms with E-state index in [1.165, 1.54) is 0 Å². The van der Waals surface area contributed by atoms with E-state index in [4.69, 9.17) is 9.84 Å². The van der Waals surface area contributed by atoms with Crippen molar-refractivity contribution in [3.63, 3.8) is 0 Å². The van der Waals surface area contributed by atoms with Crippen LogP contribution in [0.25, 0.3) is 0 Å². The molecule has 0 spiro atoms. The molecule has 0 aliphatic carbocycles. The van der Waals surface area contributed by atoms with E-state index in [9.17, 15) is 15.3 Å². The SMILES string of the molecule is OC[C@H]1OC(CCc2ccccc2)[C@H](O)[C@@H](O)[C@@H]1O. The van der Waals surface area contributed by atoms with Crippen LogP contribution in [0.4, 0.5) is 0 Å². The normalized spacial score (nSPS) is 35.3. The monoisotopic (exact) mass is 268 g/mol. The summed E-state index contributed by atoms with van der Waals surface area (Å²) in [4.78, 5) is 0. The van der Waals surface area contributed by atoms with Gasteiger partial charge >= 0.3 is 0 Å². The summed E-state index contributed by atoms with van der Waals surface area (Å²) in [7, 11) is 0. The molecular formula is C14H20O5. The molecule has 0 bridgehead atoms. The van der Waals surface area contributed by atoms with E-state index < -0.39 is 30.5 Å². The second kappa shape index (κ2) is 6.45. The van der Waals surface area contributed by atoms with Gasteiger partial charge in [0.1, 0.15) is 24.4 Å². The molecule has 0 saturated carbocycles. The highest BCUT2D eigenvalue weighted by Gasteiger charge is 2.42. The summed E-state index contributed by atoms with van der Waals surface area (Å²) in [6, 6.07) is 9.75. The average molecular weight is 268 g/mol. The zero-order chi connectivity index (χ0) is 13.8. The molecule has 5 heteroatoms. The van der Waals surface area contributed by atoms with Gasteiger partial charge in [0.15, 0.2) is 0 Å². The molecule has 1 fully saturated rings. The third-order valence-corrected chi connectivity index (χ3v) is 3.55. The van der Waals surface area contributed by atoms with Crippen molar-refractivity contribution in [2.24, 2.45) is 0 Å². The fourth-order valence-electron chi connectivity index (χ4n) is 2.37. The summed E-state index contributed by atoms with van der Waals surface area (Å²) in [5.74, 6) is 0. The van der Waals surface area contributed by atoms with Crippen molar-refractivity contribution in [1.29, 1.82) is 0 Å². The molecule has 1 aromatic carbocycles. The van der Waals surface area contributed by atoms with Crippen LogP contribution in [-0.4, -0.2) is 57.6 Å². The molecule has 1 aromatic rings. The molecule has 1 aliphatic heterocycles. The largest absolute Gasteiger partial charge is 0.394 e. The lowest BCUT2D eigenvalue weighted by Gasteiger charge is -2.40. The van der Waals surface area contributed by atoms with Crippen LogP contribution >= 0.6 is 0 Å². The van der Waals surface area contributed by atoms with Gasteiger partial charge in [0, 0.05) is 0 Å². The molecule has 0 amide bonds. The highest BCUT2D eigenvalue weighted by molar-refractivity contribution is 5.15. The molecule has 1 unspecified atom stereocenters. The van der Waals surface area contributed by atoms with Crippen LogP contribution in [0.15, 0.2) is 30.3 Å². The minimum Gasteiger partial charge on any atom is -0.394 e. The Hall–Kier alpha value is -0.980. The summed E-state index contributed by atoms with van der Waals surface area (Å²) >= 11 is 0. The smallest absolute Gasteiger partial charge is 0.111 e. The number of aliphatic hydroxyl groups excluding tert-OH is 4. The maximum absolute atomic E-state index is 9.88. The van der Waals surface area contributed by atoms with E-state index in [0.717, 1.165) is 5.56 Å². The Balaban J connectivity index is 1.95. The van der Waals surface area contributed by atoms with Crippen LogP contribution in [0.2, 0.25) is 0 Å². The van der Waals surface area contributed by atoms with Crippen LogP contribution in [0.5, 0.6) is 0 Å². The van der Waals surface area contributed by atoms with Crippen LogP contribution in [0.1, 0.15) is 12.0 Å². The highest BCUT2D eigenvalue weighted by Crippen LogP contribution is 2.24. The third-order valence-electron chi connectivity index (χ3n) is 3.55. The first-order valence-corrected chi connectivity index (χ1v) is 6.48. The summed E-state index contributed by atoms with van der Waals surface area (Å²) in [6.07, 6.45) is -3.90. The summed E-state index contributed by atoms with van der Waals surface area (Å²) in [6.45, 7) is -0.382. The van der Waals surface area contributed by atoms with Gasteiger partial charge in [-0.1, -0.05) is 30.3 Å². The van der Waals surface area contributed by atoms with Crippen molar-refractivity contribution in [3.8, 4) is 0 Å². The van der Waals surface area contributed by atoms with Gasteiger partial charge in [0.2, 0.25) is 0 Å². The van der Waals surface area contributed by atoms with Crippen LogP contribution in [-0.2, 0) is 11.2 Å². The number of hydrogen-bond acceptors (Lipinski definition) is 5. The van der Waals surface area contributed by atoms with E-state index >= 15 is 0 Å². The lowest BCUT2D eigenvalue weighted by atomic mass is 9.92. The maximum atomic E-state index is 9.88. The van der Waals surface area contributed by atoms with Crippen LogP contribution < -0.4 is 0 Å². The number of benzene rings is 1. The Morgan fingerprint density at radius 1 is 0.895 bits per heavy atom. The molecule has 1 saturated heterocycles. The Morgan fingerprint density at radius 2 is 1.53 bits per heavy atom. The minimum atomic E-state index is -1.29. The Kier molecular flexibility index (Phi) is 4.90. The van der Waals surface area contributed by atoms with Crippen LogP contribution in [0, 0.1) is 0 Å². The topological polar surface area (TPSA) is 90.2 Å². The maximum Gasteiger partial charge on any atom is 0.111 e. The number of ether oxygens (including phenoxy) is 1. The van der Waals surface area contributed by atoms with Gasteiger partial charge in [-0.2, -0.15) is 0 Å². The molecule has 0 radical (unpaired) electrons. The molecule has 5 atom stereocenters. The van der Waals surface area contributed by atoms with E-state index in [1.54, 1.807) is 0 Å². The first-order chi connectivity index (χ1) is 9.13. The summed E-state index contributed by atoms with van der Waals surface area (Å²) in [5.41, 5.74) is 1.11. The van der Waals surface area contributed by atoms with E-state index in [-0.39, 0.29) is 6.61 Å². The lowest BCUT2D eigenvalue weighted by molar-refractivity contribution is -0.230. The van der Waals surface area contributed by atoms with E-state index in [1.807, 2.05) is 30.3 Å². The van der Waals surface area contributed by atoms with E-state index in [2.05, 4.69) is 0 Å². The first kappa shape index (κ1) is 14.4. The standard InChI is InChI=1S/C14H20O5/c15-8-11-13(17)14(18)12(16)10(19-11)7-6-9-4-2-1-3-5-9/h1-5,10-18H,6-8H2/t10?,11-,12+,13-,14-/m1/s1. The molecule has 19 heavy (non-hydrogen) atoms. The summed E-state index contributed by atoms with van der Waals surface area (Å²) < 4.78 is 5.44. The minimum absolute atomic E-state index is 0.382. The second-order valence-electron chi connectivity index (χ2n) is 4.89. The summed E-state index contributed by atoms with van der Waals surface area (Å²) in [5, 5.41) is 38.3. The Bertz CT molecular complexity index is 381. The molecule has 5 nitrogen and oxygen atoms in total. The van der Waals surface area contributed by atoms with Crippen molar-refractivity contribution in [3.05, 3.63) is 35.9 Å². The van der Waals surface area contributed by atoms with E-state index in [0.29, 0.717) is 12.8 Å². The predicted octanol–water partition coefficient (Wildman–Crippen LogP) is -0.538. The van der Waals surface area contributed by atoms with Crippen molar-refractivity contribution in [2.75, 3.05) is 6.61 Å². The second-order valence-corrected chi connectivity index (χ2v) is 4.89. The van der Waals surface area contributed by atoms with Gasteiger partial charge in [0.25, 0.3) is 0 Å². The molecule has 0 aromatic heterocycles. The van der Waals surface area contributed by atoms with Gasteiger partial charge in [-0.15, -0.1) is 0 Å². The number of hydrogen-bond donors (Lipinski definition) is 4.